The van der Waals surface area contributed by atoms with E-state index in [1.54, 1.807) is 12.1 Å². The molecule has 2 rings (SSSR count). The Balaban J connectivity index is 2.36. The van der Waals surface area contributed by atoms with Crippen molar-refractivity contribution in [2.75, 3.05) is 6.54 Å². The predicted molar refractivity (Wildman–Crippen MR) is 67.3 cm³/mol. The molecule has 0 amide bonds. The lowest BCUT2D eigenvalue weighted by atomic mass is 9.86. The van der Waals surface area contributed by atoms with Gasteiger partial charge in [0.2, 0.25) is 0 Å². The number of hydrazine groups is 1. The highest BCUT2D eigenvalue weighted by molar-refractivity contribution is 6.31. The molecule has 3 nitrogen and oxygen atoms in total. The molecular formula is C12H17ClFN3. The third-order valence-corrected chi connectivity index (χ3v) is 3.61. The molecule has 1 aromatic rings. The Hall–Kier alpha value is -0.680. The van der Waals surface area contributed by atoms with Crippen molar-refractivity contribution in [3.8, 4) is 0 Å². The van der Waals surface area contributed by atoms with Crippen LogP contribution >= 0.6 is 11.6 Å². The Labute approximate surface area is 105 Å². The summed E-state index contributed by atoms with van der Waals surface area (Å²) >= 11 is 6.11. The molecule has 1 fully saturated rings. The van der Waals surface area contributed by atoms with Crippen molar-refractivity contribution in [2.45, 2.75) is 31.3 Å². The zero-order chi connectivity index (χ0) is 12.4. The fraction of sp³-hybridized carbons (Fsp3) is 0.500. The Morgan fingerprint density at radius 2 is 2.18 bits per heavy atom. The second-order valence-corrected chi connectivity index (χ2v) is 4.83. The molecule has 0 aliphatic carbocycles. The van der Waals surface area contributed by atoms with Crippen LogP contribution in [0.1, 0.15) is 24.8 Å². The molecule has 1 aliphatic rings. The van der Waals surface area contributed by atoms with Crippen LogP contribution in [0, 0.1) is 5.82 Å². The van der Waals surface area contributed by atoms with Gasteiger partial charge in [0, 0.05) is 28.6 Å². The van der Waals surface area contributed by atoms with Crippen LogP contribution in [-0.4, -0.2) is 18.6 Å². The molecule has 1 aromatic carbocycles. The molecule has 3 atom stereocenters. The molecule has 1 heterocycles. The van der Waals surface area contributed by atoms with Crippen molar-refractivity contribution in [1.82, 2.24) is 10.9 Å². The van der Waals surface area contributed by atoms with Gasteiger partial charge in [-0.1, -0.05) is 17.7 Å². The van der Waals surface area contributed by atoms with E-state index < -0.39 is 0 Å². The van der Waals surface area contributed by atoms with Crippen LogP contribution < -0.4 is 16.6 Å². The third kappa shape index (κ3) is 2.45. The second-order valence-electron chi connectivity index (χ2n) is 4.42. The Morgan fingerprint density at radius 1 is 1.41 bits per heavy atom. The molecule has 0 saturated carbocycles. The van der Waals surface area contributed by atoms with Gasteiger partial charge in [0.15, 0.2) is 0 Å². The molecule has 0 radical (unpaired) electrons. The van der Waals surface area contributed by atoms with Crippen molar-refractivity contribution in [3.05, 3.63) is 34.6 Å². The van der Waals surface area contributed by atoms with Gasteiger partial charge in [-0.15, -0.1) is 0 Å². The summed E-state index contributed by atoms with van der Waals surface area (Å²) in [6.07, 6.45) is 0.784. The zero-order valence-corrected chi connectivity index (χ0v) is 10.5. The maximum absolute atomic E-state index is 13.9. The first-order valence-corrected chi connectivity index (χ1v) is 6.18. The average Bonchev–Trinajstić information content (AvgIpc) is 2.62. The highest BCUT2D eigenvalue weighted by Crippen LogP contribution is 2.35. The van der Waals surface area contributed by atoms with E-state index in [0.29, 0.717) is 17.1 Å². The second kappa shape index (κ2) is 5.31. The molecule has 1 saturated heterocycles. The number of nitrogens with two attached hydrogens (primary N) is 1. The fourth-order valence-electron chi connectivity index (χ4n) is 2.48. The standard InChI is InChI=1S/C12H17ClFN3/c1-7-11(10(5-6-15)17-16-7)12-8(13)3-2-4-9(12)14/h2-4,7,10-11,16-17H,5-6,15H2,1H3. The Morgan fingerprint density at radius 3 is 2.82 bits per heavy atom. The number of halogens is 2. The summed E-state index contributed by atoms with van der Waals surface area (Å²) in [5.41, 5.74) is 12.4. The molecule has 17 heavy (non-hydrogen) atoms. The fourth-order valence-corrected chi connectivity index (χ4v) is 2.77. The molecule has 3 unspecified atom stereocenters. The molecule has 94 valence electrons. The molecule has 0 spiro atoms. The van der Waals surface area contributed by atoms with E-state index in [-0.39, 0.29) is 23.8 Å². The topological polar surface area (TPSA) is 50.1 Å². The molecular weight excluding hydrogens is 241 g/mol. The van der Waals surface area contributed by atoms with E-state index in [1.807, 2.05) is 6.92 Å². The largest absolute Gasteiger partial charge is 0.330 e. The quantitative estimate of drug-likeness (QED) is 0.774. The van der Waals surface area contributed by atoms with E-state index in [9.17, 15) is 4.39 Å². The van der Waals surface area contributed by atoms with Crippen LogP contribution in [0.15, 0.2) is 18.2 Å². The van der Waals surface area contributed by atoms with E-state index in [1.165, 1.54) is 6.07 Å². The van der Waals surface area contributed by atoms with Gasteiger partial charge in [-0.2, -0.15) is 0 Å². The van der Waals surface area contributed by atoms with Gasteiger partial charge in [0.1, 0.15) is 5.82 Å². The van der Waals surface area contributed by atoms with Crippen molar-refractivity contribution < 1.29 is 4.39 Å². The summed E-state index contributed by atoms with van der Waals surface area (Å²) in [5, 5.41) is 0.481. The molecule has 0 aromatic heterocycles. The predicted octanol–water partition coefficient (Wildman–Crippen LogP) is 1.78. The van der Waals surface area contributed by atoms with Crippen molar-refractivity contribution >= 4 is 11.6 Å². The third-order valence-electron chi connectivity index (χ3n) is 3.28. The van der Waals surface area contributed by atoms with Gasteiger partial charge in [0.25, 0.3) is 0 Å². The first-order chi connectivity index (χ1) is 8.15. The molecule has 4 N–H and O–H groups in total. The number of nitrogens with one attached hydrogen (secondary N) is 2. The van der Waals surface area contributed by atoms with Crippen LogP contribution in [0.3, 0.4) is 0 Å². The summed E-state index contributed by atoms with van der Waals surface area (Å²) in [6.45, 7) is 2.57. The van der Waals surface area contributed by atoms with Gasteiger partial charge in [-0.3, -0.25) is 10.9 Å². The van der Waals surface area contributed by atoms with Crippen LogP contribution in [0.4, 0.5) is 4.39 Å². The molecule has 0 bridgehead atoms. The lowest BCUT2D eigenvalue weighted by molar-refractivity contribution is 0.481. The van der Waals surface area contributed by atoms with Crippen LogP contribution in [0.2, 0.25) is 5.02 Å². The van der Waals surface area contributed by atoms with Gasteiger partial charge in [-0.25, -0.2) is 4.39 Å². The average molecular weight is 258 g/mol. The lowest BCUT2D eigenvalue weighted by Crippen LogP contribution is -2.33. The Kier molecular flexibility index (Phi) is 3.99. The van der Waals surface area contributed by atoms with Gasteiger partial charge in [-0.05, 0) is 32.0 Å². The first kappa shape index (κ1) is 12.8. The summed E-state index contributed by atoms with van der Waals surface area (Å²) in [5.74, 6) is -0.242. The van der Waals surface area contributed by atoms with Crippen LogP contribution in [0.25, 0.3) is 0 Å². The van der Waals surface area contributed by atoms with Crippen molar-refractivity contribution in [3.63, 3.8) is 0 Å². The first-order valence-electron chi connectivity index (χ1n) is 5.80. The summed E-state index contributed by atoms with van der Waals surface area (Å²) < 4.78 is 13.9. The summed E-state index contributed by atoms with van der Waals surface area (Å²) in [6, 6.07) is 5.04. The number of hydrogen-bond donors (Lipinski definition) is 3. The summed E-state index contributed by atoms with van der Waals surface area (Å²) in [7, 11) is 0. The number of hydrogen-bond acceptors (Lipinski definition) is 3. The normalized spacial score (nSPS) is 28.6. The minimum atomic E-state index is -0.248. The van der Waals surface area contributed by atoms with Gasteiger partial charge in [0.05, 0.1) is 0 Å². The highest BCUT2D eigenvalue weighted by atomic mass is 35.5. The Bertz CT molecular complexity index is 377. The van der Waals surface area contributed by atoms with Crippen molar-refractivity contribution in [1.29, 1.82) is 0 Å². The van der Waals surface area contributed by atoms with E-state index in [4.69, 9.17) is 17.3 Å². The maximum atomic E-state index is 13.9. The van der Waals surface area contributed by atoms with E-state index >= 15 is 0 Å². The maximum Gasteiger partial charge on any atom is 0.128 e. The smallest absolute Gasteiger partial charge is 0.128 e. The van der Waals surface area contributed by atoms with Gasteiger partial charge < -0.3 is 5.73 Å². The number of rotatable bonds is 3. The zero-order valence-electron chi connectivity index (χ0n) is 9.71. The number of benzene rings is 1. The molecule has 1 aliphatic heterocycles. The monoisotopic (exact) mass is 257 g/mol. The van der Waals surface area contributed by atoms with Crippen molar-refractivity contribution in [2.24, 2.45) is 5.73 Å². The minimum Gasteiger partial charge on any atom is -0.330 e. The van der Waals surface area contributed by atoms with Crippen LogP contribution in [0.5, 0.6) is 0 Å². The molecule has 5 heteroatoms. The van der Waals surface area contributed by atoms with E-state index in [0.717, 1.165) is 6.42 Å². The van der Waals surface area contributed by atoms with Gasteiger partial charge >= 0.3 is 0 Å². The summed E-state index contributed by atoms with van der Waals surface area (Å²) in [4.78, 5) is 0. The SMILES string of the molecule is CC1NNC(CCN)C1c1c(F)cccc1Cl. The highest BCUT2D eigenvalue weighted by Gasteiger charge is 2.36. The van der Waals surface area contributed by atoms with Crippen LogP contribution in [-0.2, 0) is 0 Å². The lowest BCUT2D eigenvalue weighted by Gasteiger charge is -2.22. The van der Waals surface area contributed by atoms with E-state index in [2.05, 4.69) is 10.9 Å². The minimum absolute atomic E-state index is 0.00671.